The molecule has 0 fully saturated rings. The Hall–Kier alpha value is -0.340. The number of alkyl halides is 1. The second-order valence-electron chi connectivity index (χ2n) is 3.41. The Morgan fingerprint density at radius 1 is 1.69 bits per heavy atom. The normalized spacial score (nSPS) is 22.0. The molecular weight excluding hydrogens is 202 g/mol. The topological polar surface area (TPSA) is 12.9 Å². The highest BCUT2D eigenvalue weighted by Crippen LogP contribution is 2.25. The van der Waals surface area contributed by atoms with Gasteiger partial charge in [0.05, 0.1) is 16.1 Å². The Morgan fingerprint density at radius 2 is 2.54 bits per heavy atom. The van der Waals surface area contributed by atoms with Gasteiger partial charge >= 0.3 is 0 Å². The molecule has 0 aliphatic heterocycles. The smallest absolute Gasteiger partial charge is 0.0897 e. The minimum absolute atomic E-state index is 0.259. The van der Waals surface area contributed by atoms with Crippen molar-refractivity contribution in [3.8, 4) is 0 Å². The summed E-state index contributed by atoms with van der Waals surface area (Å²) in [4.78, 5) is 4.43. The molecule has 1 aliphatic rings. The van der Waals surface area contributed by atoms with Crippen LogP contribution in [0.15, 0.2) is 17.0 Å². The summed E-state index contributed by atoms with van der Waals surface area (Å²) >= 11 is 7.70. The highest BCUT2D eigenvalue weighted by atomic mass is 35.5. The van der Waals surface area contributed by atoms with E-state index in [2.05, 4.69) is 16.4 Å². The fourth-order valence-corrected chi connectivity index (χ4v) is 2.51. The fraction of sp³-hybridized carbons (Fsp3) is 0.500. The molecule has 1 atom stereocenters. The fourth-order valence-electron chi connectivity index (χ4n) is 1.62. The summed E-state index contributed by atoms with van der Waals surface area (Å²) in [6, 6.07) is 0. The summed E-state index contributed by atoms with van der Waals surface area (Å²) in [7, 11) is 0. The lowest BCUT2D eigenvalue weighted by Crippen LogP contribution is -1.87. The molecule has 3 heteroatoms. The van der Waals surface area contributed by atoms with Crippen LogP contribution < -0.4 is 0 Å². The van der Waals surface area contributed by atoms with E-state index in [4.69, 9.17) is 11.6 Å². The molecule has 1 aromatic heterocycles. The van der Waals surface area contributed by atoms with Gasteiger partial charge in [0.1, 0.15) is 0 Å². The maximum Gasteiger partial charge on any atom is 0.0897 e. The summed E-state index contributed by atoms with van der Waals surface area (Å²) in [6.07, 6.45) is 5.41. The first-order valence-corrected chi connectivity index (χ1v) is 5.80. The van der Waals surface area contributed by atoms with Crippen molar-refractivity contribution in [1.29, 1.82) is 0 Å². The average molecular weight is 214 g/mol. The molecule has 0 aromatic carbocycles. The molecule has 0 N–H and O–H groups in total. The molecule has 1 nitrogen and oxygen atoms in total. The number of hydrogen-bond acceptors (Lipinski definition) is 2. The van der Waals surface area contributed by atoms with Gasteiger partial charge in [0.15, 0.2) is 0 Å². The van der Waals surface area contributed by atoms with Crippen LogP contribution in [0, 0.1) is 6.92 Å². The third-order valence-corrected chi connectivity index (χ3v) is 3.40. The molecule has 13 heavy (non-hydrogen) atoms. The predicted molar refractivity (Wildman–Crippen MR) is 57.5 cm³/mol. The molecule has 0 spiro atoms. The lowest BCUT2D eigenvalue weighted by atomic mass is 10.1. The van der Waals surface area contributed by atoms with E-state index < -0.39 is 0 Å². The Morgan fingerprint density at radius 3 is 3.08 bits per heavy atom. The van der Waals surface area contributed by atoms with Crippen LogP contribution >= 0.6 is 22.9 Å². The van der Waals surface area contributed by atoms with Gasteiger partial charge in [0, 0.05) is 11.8 Å². The molecule has 70 valence electrons. The van der Waals surface area contributed by atoms with E-state index in [-0.39, 0.29) is 5.38 Å². The molecule has 0 radical (unpaired) electrons. The molecule has 1 unspecified atom stereocenters. The quantitative estimate of drug-likeness (QED) is 0.543. The third kappa shape index (κ3) is 2.32. The van der Waals surface area contributed by atoms with Crippen molar-refractivity contribution >= 4 is 22.9 Å². The van der Waals surface area contributed by atoms with Crippen LogP contribution in [0.25, 0.3) is 0 Å². The van der Waals surface area contributed by atoms with Gasteiger partial charge in [-0.1, -0.05) is 11.6 Å². The zero-order chi connectivity index (χ0) is 9.26. The van der Waals surface area contributed by atoms with Crippen molar-refractivity contribution in [2.45, 2.75) is 31.6 Å². The van der Waals surface area contributed by atoms with Crippen LogP contribution in [0.3, 0.4) is 0 Å². The maximum absolute atomic E-state index is 5.98. The molecule has 2 rings (SSSR count). The zero-order valence-corrected chi connectivity index (χ0v) is 9.16. The van der Waals surface area contributed by atoms with E-state index in [1.54, 1.807) is 11.3 Å². The first-order valence-electron chi connectivity index (χ1n) is 4.48. The number of aryl methyl sites for hydroxylation is 1. The minimum Gasteiger partial charge on any atom is -0.246 e. The maximum atomic E-state index is 5.98. The summed E-state index contributed by atoms with van der Waals surface area (Å²) in [5.41, 5.74) is 2.64. The van der Waals surface area contributed by atoms with Gasteiger partial charge in [0.25, 0.3) is 0 Å². The molecule has 0 amide bonds. The van der Waals surface area contributed by atoms with Gasteiger partial charge < -0.3 is 0 Å². The van der Waals surface area contributed by atoms with Crippen LogP contribution in [-0.4, -0.2) is 10.4 Å². The van der Waals surface area contributed by atoms with Gasteiger partial charge in [-0.25, -0.2) is 4.98 Å². The Kier molecular flexibility index (Phi) is 2.70. The van der Waals surface area contributed by atoms with E-state index >= 15 is 0 Å². The van der Waals surface area contributed by atoms with Gasteiger partial charge in [0.2, 0.25) is 0 Å². The van der Waals surface area contributed by atoms with Crippen molar-refractivity contribution in [3.05, 3.63) is 27.7 Å². The van der Waals surface area contributed by atoms with Gasteiger partial charge in [-0.3, -0.25) is 0 Å². The Bertz CT molecular complexity index is 329. The van der Waals surface area contributed by atoms with Gasteiger partial charge in [-0.2, -0.15) is 0 Å². The zero-order valence-electron chi connectivity index (χ0n) is 7.59. The van der Waals surface area contributed by atoms with Crippen molar-refractivity contribution in [3.63, 3.8) is 0 Å². The van der Waals surface area contributed by atoms with Crippen LogP contribution in [0.2, 0.25) is 0 Å². The van der Waals surface area contributed by atoms with Crippen molar-refractivity contribution in [2.75, 3.05) is 0 Å². The van der Waals surface area contributed by atoms with Crippen molar-refractivity contribution < 1.29 is 0 Å². The molecule has 1 aliphatic carbocycles. The molecule has 0 saturated carbocycles. The van der Waals surface area contributed by atoms with Gasteiger partial charge in [-0.15, -0.1) is 22.9 Å². The molecule has 0 bridgehead atoms. The SMILES string of the molecule is Cc1nc(CC2=CC(Cl)CC2)cs1. The van der Waals surface area contributed by atoms with E-state index in [9.17, 15) is 0 Å². The van der Waals surface area contributed by atoms with Crippen molar-refractivity contribution in [1.82, 2.24) is 4.98 Å². The molecule has 1 aromatic rings. The number of nitrogens with zero attached hydrogens (tertiary/aromatic N) is 1. The largest absolute Gasteiger partial charge is 0.246 e. The Labute approximate surface area is 87.5 Å². The van der Waals surface area contributed by atoms with Crippen molar-refractivity contribution in [2.24, 2.45) is 0 Å². The van der Waals surface area contributed by atoms with Gasteiger partial charge in [-0.05, 0) is 19.8 Å². The highest BCUT2D eigenvalue weighted by Gasteiger charge is 2.13. The number of rotatable bonds is 2. The minimum atomic E-state index is 0.259. The first kappa shape index (κ1) is 9.22. The molecular formula is C10H12ClNS. The average Bonchev–Trinajstić information content (AvgIpc) is 2.62. The highest BCUT2D eigenvalue weighted by molar-refractivity contribution is 7.09. The van der Waals surface area contributed by atoms with E-state index in [0.29, 0.717) is 0 Å². The van der Waals surface area contributed by atoms with E-state index in [1.165, 1.54) is 11.3 Å². The summed E-state index contributed by atoms with van der Waals surface area (Å²) in [6.45, 7) is 2.04. The van der Waals surface area contributed by atoms with Crippen LogP contribution in [-0.2, 0) is 6.42 Å². The standard InChI is InChI=1S/C10H12ClNS/c1-7-12-10(6-13-7)5-8-2-3-9(11)4-8/h4,6,9H,2-3,5H2,1H3. The lowest BCUT2D eigenvalue weighted by Gasteiger charge is -1.95. The van der Waals surface area contributed by atoms with Crippen LogP contribution in [0.5, 0.6) is 0 Å². The lowest BCUT2D eigenvalue weighted by molar-refractivity contribution is 0.884. The second kappa shape index (κ2) is 3.81. The monoisotopic (exact) mass is 213 g/mol. The molecule has 1 heterocycles. The predicted octanol–water partition coefficient (Wildman–Crippen LogP) is 3.32. The number of halogens is 1. The third-order valence-electron chi connectivity index (χ3n) is 2.23. The number of hydrogen-bond donors (Lipinski definition) is 0. The first-order chi connectivity index (χ1) is 6.24. The van der Waals surface area contributed by atoms with Crippen LogP contribution in [0.4, 0.5) is 0 Å². The van der Waals surface area contributed by atoms with Crippen LogP contribution in [0.1, 0.15) is 23.5 Å². The number of allylic oxidation sites excluding steroid dienone is 2. The molecule has 0 saturated heterocycles. The number of aromatic nitrogens is 1. The Balaban J connectivity index is 2.02. The summed E-state index contributed by atoms with van der Waals surface area (Å²) in [5.74, 6) is 0. The summed E-state index contributed by atoms with van der Waals surface area (Å²) in [5, 5.41) is 3.54. The second-order valence-corrected chi connectivity index (χ2v) is 5.04. The number of thiazole rings is 1. The summed E-state index contributed by atoms with van der Waals surface area (Å²) < 4.78 is 0. The van der Waals surface area contributed by atoms with E-state index in [0.717, 1.165) is 24.3 Å². The van der Waals surface area contributed by atoms with E-state index in [1.807, 2.05) is 6.92 Å².